The summed E-state index contributed by atoms with van der Waals surface area (Å²) in [6.45, 7) is 15.0. The number of hydrogen-bond donors (Lipinski definition) is 8. The van der Waals surface area contributed by atoms with Gasteiger partial charge in [-0.1, -0.05) is 57.2 Å². The van der Waals surface area contributed by atoms with Crippen molar-refractivity contribution < 1.29 is 55.1 Å². The van der Waals surface area contributed by atoms with Gasteiger partial charge in [-0.05, 0) is 202 Å². The Bertz CT molecular complexity index is 3830. The van der Waals surface area contributed by atoms with Crippen molar-refractivity contribution in [2.45, 2.75) is 112 Å². The highest BCUT2D eigenvalue weighted by molar-refractivity contribution is 6.14. The largest absolute Gasteiger partial charge is 0.496 e. The van der Waals surface area contributed by atoms with Gasteiger partial charge in [0.25, 0.3) is 0 Å². The maximum Gasteiger partial charge on any atom is 0.125 e. The van der Waals surface area contributed by atoms with Crippen LogP contribution in [0.15, 0.2) is 91.0 Å². The zero-order valence-corrected chi connectivity index (χ0v) is 47.6. The Balaban J connectivity index is 0.000000136. The summed E-state index contributed by atoms with van der Waals surface area (Å²) in [4.78, 5) is 6.96. The summed E-state index contributed by atoms with van der Waals surface area (Å²) in [6.07, 6.45) is -0.138. The third-order valence-corrected chi connectivity index (χ3v) is 17.5. The maximum atomic E-state index is 11.2. The summed E-state index contributed by atoms with van der Waals surface area (Å²) < 4.78 is 16.5. The van der Waals surface area contributed by atoms with Crippen molar-refractivity contribution in [1.29, 1.82) is 0 Å². The molecule has 0 saturated heterocycles. The fourth-order valence-corrected chi connectivity index (χ4v) is 13.1. The lowest BCUT2D eigenvalue weighted by molar-refractivity contribution is 0.0426. The molecule has 0 amide bonds. The first-order chi connectivity index (χ1) is 39.3. The van der Waals surface area contributed by atoms with E-state index in [0.717, 1.165) is 167 Å². The van der Waals surface area contributed by atoms with Crippen LogP contribution in [0.2, 0.25) is 0 Å². The molecule has 0 aromatic heterocycles. The molecule has 14 heteroatoms. The van der Waals surface area contributed by atoms with Gasteiger partial charge in [-0.3, -0.25) is 14.7 Å². The Hall–Kier alpha value is -6.50. The average Bonchev–Trinajstić information content (AvgIpc) is 3.71. The highest BCUT2D eigenvalue weighted by Gasteiger charge is 2.34. The minimum atomic E-state index is -0.598. The third kappa shape index (κ3) is 10.5. The molecule has 8 N–H and O–H groups in total. The number of methoxy groups -OCH3 is 3. The number of β-amino-alcohol motifs (C(OH)–C–C–N with tert-alkyl or cyclic N) is 1. The second-order valence-electron chi connectivity index (χ2n) is 21.7. The highest BCUT2D eigenvalue weighted by Crippen LogP contribution is 2.46. The van der Waals surface area contributed by atoms with Gasteiger partial charge in [0.1, 0.15) is 17.2 Å². The molecule has 3 unspecified atom stereocenters. The van der Waals surface area contributed by atoms with Crippen molar-refractivity contribution >= 4 is 64.6 Å². The lowest BCUT2D eigenvalue weighted by Gasteiger charge is -2.39. The molecule has 12 rings (SSSR count). The fraction of sp³-hybridized carbons (Fsp3) is 0.373. The van der Waals surface area contributed by atoms with Crippen LogP contribution in [-0.2, 0) is 65.7 Å². The van der Waals surface area contributed by atoms with Gasteiger partial charge >= 0.3 is 0 Å². The summed E-state index contributed by atoms with van der Waals surface area (Å²) in [5, 5.41) is 93.0. The molecule has 3 atom stereocenters. The van der Waals surface area contributed by atoms with Gasteiger partial charge in [0.2, 0.25) is 0 Å². The SMILES string of the molecule is CCN1CCc2c(c3cc(OC)c(CO)cc3c3cc(CO)ccc23)C1.CCN1Cc2c(c3ccc(CO)cc3c3cc(CO)c(OC)cc23)C(O)C1.CCN1Cc2c(c3ccc(CO)cc3c3cc(CO)c(OC)cc23)C(O)C1C. The molecule has 426 valence electrons. The summed E-state index contributed by atoms with van der Waals surface area (Å²) in [6, 6.07) is 30.0. The highest BCUT2D eigenvalue weighted by atomic mass is 16.5. The number of likely N-dealkylation sites (N-methyl/N-ethyl adjacent to an activating group) is 3. The monoisotopic (exact) mass is 1100 g/mol. The van der Waals surface area contributed by atoms with Crippen LogP contribution >= 0.6 is 0 Å². The first-order valence-corrected chi connectivity index (χ1v) is 28.3. The van der Waals surface area contributed by atoms with Gasteiger partial charge < -0.3 is 55.1 Å². The van der Waals surface area contributed by atoms with Crippen molar-refractivity contribution in [3.05, 3.63) is 158 Å². The molecule has 0 bridgehead atoms. The first kappa shape index (κ1) is 57.7. The molecule has 9 aromatic carbocycles. The van der Waals surface area contributed by atoms with Crippen LogP contribution in [0.3, 0.4) is 0 Å². The lowest BCUT2D eigenvalue weighted by Crippen LogP contribution is -2.41. The molecule has 0 fully saturated rings. The molecule has 14 nitrogen and oxygen atoms in total. The molecular formula is C67H77N3O11. The predicted molar refractivity (Wildman–Crippen MR) is 321 cm³/mol. The Labute approximate surface area is 473 Å². The second-order valence-corrected chi connectivity index (χ2v) is 21.7. The van der Waals surface area contributed by atoms with Gasteiger partial charge in [-0.25, -0.2) is 0 Å². The molecule has 3 aliphatic heterocycles. The maximum absolute atomic E-state index is 11.2. The van der Waals surface area contributed by atoms with Crippen LogP contribution in [-0.4, -0.2) is 116 Å². The standard InChI is InChI=1S/C23H27NO4.C22H25NO4.C22H25NO3/c1-4-24-10-20-19-9-21(28-3)15(12-26)8-18(19)17-7-14(11-25)5-6-16(17)22(20)23(27)13(24)2;1-3-23-9-19-18-8-21(27-2)14(12-25)7-17(18)16-6-13(11-24)4-5-15(16)22(19)20(26)10-23;1-3-23-7-6-17-16-5-4-14(12-24)8-18(16)19-9-15(13-25)22(26-2)10-20(19)21(17)11-23/h5-9,13,23,25-27H,4,10-12H2,1-3H3;4-8,20,24-26H,3,9-12H2,1-2H3;4-5,8-10,24-25H,3,6-7,11-13H2,1-2H3. The van der Waals surface area contributed by atoms with Crippen molar-refractivity contribution in [1.82, 2.24) is 14.7 Å². The molecule has 81 heavy (non-hydrogen) atoms. The van der Waals surface area contributed by atoms with Gasteiger partial charge in [-0.2, -0.15) is 0 Å². The Morgan fingerprint density at radius 1 is 0.420 bits per heavy atom. The molecule has 9 aromatic rings. The van der Waals surface area contributed by atoms with E-state index >= 15 is 0 Å². The zero-order valence-electron chi connectivity index (χ0n) is 47.6. The van der Waals surface area contributed by atoms with Crippen LogP contribution in [0.1, 0.15) is 107 Å². The minimum Gasteiger partial charge on any atom is -0.496 e. The molecule has 0 aliphatic carbocycles. The van der Waals surface area contributed by atoms with Crippen molar-refractivity contribution in [2.24, 2.45) is 0 Å². The number of hydrogen-bond acceptors (Lipinski definition) is 14. The Kier molecular flexibility index (Phi) is 17.5. The van der Waals surface area contributed by atoms with Crippen LogP contribution < -0.4 is 14.2 Å². The molecular weight excluding hydrogens is 1020 g/mol. The van der Waals surface area contributed by atoms with E-state index in [0.29, 0.717) is 18.0 Å². The summed E-state index contributed by atoms with van der Waals surface area (Å²) in [5.41, 5.74) is 11.7. The molecule has 0 saturated carbocycles. The summed E-state index contributed by atoms with van der Waals surface area (Å²) in [7, 11) is 4.86. The van der Waals surface area contributed by atoms with Crippen LogP contribution in [0.25, 0.3) is 64.6 Å². The van der Waals surface area contributed by atoms with Gasteiger partial charge in [0, 0.05) is 55.5 Å². The first-order valence-electron chi connectivity index (χ1n) is 28.3. The summed E-state index contributed by atoms with van der Waals surface area (Å²) >= 11 is 0. The third-order valence-electron chi connectivity index (χ3n) is 17.5. The average molecular weight is 1100 g/mol. The number of rotatable bonds is 12. The fourth-order valence-electron chi connectivity index (χ4n) is 13.1. The number of ether oxygens (including phenoxy) is 3. The van der Waals surface area contributed by atoms with Crippen LogP contribution in [0.4, 0.5) is 0 Å². The topological polar surface area (TPSA) is 199 Å². The minimum absolute atomic E-state index is 0.0225. The van der Waals surface area contributed by atoms with E-state index in [2.05, 4.69) is 60.6 Å². The lowest BCUT2D eigenvalue weighted by atomic mass is 9.83. The molecule has 3 heterocycles. The van der Waals surface area contributed by atoms with E-state index in [9.17, 15) is 40.9 Å². The van der Waals surface area contributed by atoms with Crippen molar-refractivity contribution in [3.8, 4) is 17.2 Å². The van der Waals surface area contributed by atoms with E-state index in [1.807, 2.05) is 72.8 Å². The molecule has 0 spiro atoms. The second kappa shape index (κ2) is 24.5. The predicted octanol–water partition coefficient (Wildman–Crippen LogP) is 9.46. The van der Waals surface area contributed by atoms with Crippen LogP contribution in [0, 0.1) is 0 Å². The quantitative estimate of drug-likeness (QED) is 0.0538. The van der Waals surface area contributed by atoms with E-state index in [1.54, 1.807) is 21.3 Å². The number of fused-ring (bicyclic) bond motifs is 18. The van der Waals surface area contributed by atoms with Gasteiger partial charge in [-0.15, -0.1) is 0 Å². The molecule has 3 aliphatic rings. The van der Waals surface area contributed by atoms with Crippen LogP contribution in [0.5, 0.6) is 17.2 Å². The summed E-state index contributed by atoms with van der Waals surface area (Å²) in [5.74, 6) is 2.02. The van der Waals surface area contributed by atoms with E-state index in [1.165, 1.54) is 21.9 Å². The zero-order chi connectivity index (χ0) is 57.4. The van der Waals surface area contributed by atoms with Gasteiger partial charge in [0.05, 0.1) is 73.2 Å². The normalized spacial score (nSPS) is 17.4. The number of aliphatic hydroxyl groups excluding tert-OH is 8. The Morgan fingerprint density at radius 3 is 1.26 bits per heavy atom. The van der Waals surface area contributed by atoms with Gasteiger partial charge in [0.15, 0.2) is 0 Å². The van der Waals surface area contributed by atoms with Crippen molar-refractivity contribution in [3.63, 3.8) is 0 Å². The van der Waals surface area contributed by atoms with E-state index in [4.69, 9.17) is 14.2 Å². The van der Waals surface area contributed by atoms with E-state index < -0.39 is 12.2 Å². The smallest absolute Gasteiger partial charge is 0.125 e. The number of benzene rings is 9. The van der Waals surface area contributed by atoms with Crippen molar-refractivity contribution in [2.75, 3.05) is 54.1 Å². The molecule has 0 radical (unpaired) electrons. The number of nitrogens with zero attached hydrogens (tertiary/aromatic N) is 3. The Morgan fingerprint density at radius 2 is 0.827 bits per heavy atom. The number of aliphatic hydroxyl groups is 8. The van der Waals surface area contributed by atoms with E-state index in [-0.39, 0.29) is 45.7 Å².